The second kappa shape index (κ2) is 7.69. The predicted molar refractivity (Wildman–Crippen MR) is 76.6 cm³/mol. The Morgan fingerprint density at radius 3 is 2.72 bits per heavy atom. The van der Waals surface area contributed by atoms with E-state index in [2.05, 4.69) is 41.4 Å². The number of aliphatic imine (C=N–C) groups is 1. The minimum atomic E-state index is 0.603. The first-order valence-electron chi connectivity index (χ1n) is 6.56. The number of hydrogen-bond donors (Lipinski definition) is 2. The summed E-state index contributed by atoms with van der Waals surface area (Å²) in [5.41, 5.74) is 2.03. The smallest absolute Gasteiger partial charge is 0.191 e. The Balaban J connectivity index is 2.59. The number of nitrogens with one attached hydrogen (secondary N) is 2. The van der Waals surface area contributed by atoms with Crippen molar-refractivity contribution >= 4 is 5.96 Å². The van der Waals surface area contributed by atoms with E-state index in [0.29, 0.717) is 12.5 Å². The second-order valence-corrected chi connectivity index (χ2v) is 4.74. The quantitative estimate of drug-likeness (QED) is 0.620. The summed E-state index contributed by atoms with van der Waals surface area (Å²) in [6, 6.07) is 6.01. The maximum absolute atomic E-state index is 4.53. The molecule has 0 saturated heterocycles. The van der Waals surface area contributed by atoms with Gasteiger partial charge in [0.2, 0.25) is 0 Å². The zero-order valence-electron chi connectivity index (χ0n) is 11.8. The molecule has 1 aromatic rings. The van der Waals surface area contributed by atoms with Gasteiger partial charge >= 0.3 is 0 Å². The third-order valence-corrected chi connectivity index (χ3v) is 2.37. The van der Waals surface area contributed by atoms with Gasteiger partial charge in [0.1, 0.15) is 0 Å². The predicted octanol–water partition coefficient (Wildman–Crippen LogP) is 2.10. The van der Waals surface area contributed by atoms with Crippen LogP contribution in [0, 0.1) is 12.8 Å². The van der Waals surface area contributed by atoms with Gasteiger partial charge in [0.25, 0.3) is 0 Å². The molecule has 4 heteroatoms. The van der Waals surface area contributed by atoms with Gasteiger partial charge in [-0.15, -0.1) is 0 Å². The lowest BCUT2D eigenvalue weighted by Gasteiger charge is -2.12. The number of hydrogen-bond acceptors (Lipinski definition) is 2. The number of rotatable bonds is 5. The van der Waals surface area contributed by atoms with Crippen molar-refractivity contribution in [2.75, 3.05) is 13.1 Å². The summed E-state index contributed by atoms with van der Waals surface area (Å²) in [4.78, 5) is 8.97. The largest absolute Gasteiger partial charge is 0.357 e. The highest BCUT2D eigenvalue weighted by atomic mass is 15.2. The topological polar surface area (TPSA) is 49.3 Å². The van der Waals surface area contributed by atoms with E-state index in [4.69, 9.17) is 0 Å². The first-order valence-corrected chi connectivity index (χ1v) is 6.56. The molecule has 0 aromatic carbocycles. The molecule has 0 atom stereocenters. The zero-order valence-corrected chi connectivity index (χ0v) is 11.8. The van der Waals surface area contributed by atoms with Gasteiger partial charge in [-0.05, 0) is 31.9 Å². The van der Waals surface area contributed by atoms with Crippen LogP contribution in [0.1, 0.15) is 32.2 Å². The lowest BCUT2D eigenvalue weighted by molar-refractivity contribution is 0.614. The summed E-state index contributed by atoms with van der Waals surface area (Å²) in [7, 11) is 0. The fraction of sp³-hybridized carbons (Fsp3) is 0.571. The highest BCUT2D eigenvalue weighted by Gasteiger charge is 1.99. The van der Waals surface area contributed by atoms with Gasteiger partial charge in [-0.1, -0.05) is 19.9 Å². The number of pyridine rings is 1. The molecule has 1 heterocycles. The zero-order chi connectivity index (χ0) is 13.4. The summed E-state index contributed by atoms with van der Waals surface area (Å²) in [6.45, 7) is 10.8. The Bertz CT molecular complexity index is 385. The molecule has 18 heavy (non-hydrogen) atoms. The molecule has 0 radical (unpaired) electrons. The molecule has 0 aliphatic heterocycles. The van der Waals surface area contributed by atoms with Gasteiger partial charge < -0.3 is 10.6 Å². The van der Waals surface area contributed by atoms with Gasteiger partial charge in [-0.3, -0.25) is 4.98 Å². The first-order chi connectivity index (χ1) is 8.61. The third-order valence-electron chi connectivity index (χ3n) is 2.37. The van der Waals surface area contributed by atoms with Crippen molar-refractivity contribution in [3.05, 3.63) is 29.6 Å². The highest BCUT2D eigenvalue weighted by Crippen LogP contribution is 1.99. The van der Waals surface area contributed by atoms with Gasteiger partial charge in [0.05, 0.1) is 12.2 Å². The lowest BCUT2D eigenvalue weighted by atomic mass is 10.2. The van der Waals surface area contributed by atoms with Crippen LogP contribution in [0.4, 0.5) is 0 Å². The van der Waals surface area contributed by atoms with E-state index >= 15 is 0 Å². The molecular weight excluding hydrogens is 224 g/mol. The number of aromatic nitrogens is 1. The van der Waals surface area contributed by atoms with E-state index in [1.807, 2.05) is 25.1 Å². The minimum absolute atomic E-state index is 0.603. The standard InChI is InChI=1S/C14H24N4/c1-5-15-14(16-9-11(2)3)17-10-13-8-6-7-12(4)18-13/h6-8,11H,5,9-10H2,1-4H3,(H2,15,16,17). The Kier molecular flexibility index (Phi) is 6.19. The van der Waals surface area contributed by atoms with Crippen molar-refractivity contribution in [2.45, 2.75) is 34.2 Å². The summed E-state index contributed by atoms with van der Waals surface area (Å²) >= 11 is 0. The molecular formula is C14H24N4. The van der Waals surface area contributed by atoms with Gasteiger partial charge in [-0.25, -0.2) is 4.99 Å². The monoisotopic (exact) mass is 248 g/mol. The van der Waals surface area contributed by atoms with Gasteiger partial charge in [-0.2, -0.15) is 0 Å². The van der Waals surface area contributed by atoms with Crippen molar-refractivity contribution in [3.63, 3.8) is 0 Å². The van der Waals surface area contributed by atoms with E-state index in [0.717, 1.165) is 30.4 Å². The van der Waals surface area contributed by atoms with Crippen molar-refractivity contribution in [1.29, 1.82) is 0 Å². The Labute approximate surface area is 110 Å². The maximum atomic E-state index is 4.53. The third kappa shape index (κ3) is 5.66. The summed E-state index contributed by atoms with van der Waals surface area (Å²) in [6.07, 6.45) is 0. The molecule has 0 fully saturated rings. The molecule has 100 valence electrons. The van der Waals surface area contributed by atoms with Gasteiger partial charge in [0, 0.05) is 18.8 Å². The first kappa shape index (κ1) is 14.5. The Hall–Kier alpha value is -1.58. The number of guanidine groups is 1. The molecule has 2 N–H and O–H groups in total. The van der Waals surface area contributed by atoms with E-state index < -0.39 is 0 Å². The summed E-state index contributed by atoms with van der Waals surface area (Å²) in [5.74, 6) is 1.46. The fourth-order valence-electron chi connectivity index (χ4n) is 1.49. The van der Waals surface area contributed by atoms with Crippen LogP contribution in [0.2, 0.25) is 0 Å². The van der Waals surface area contributed by atoms with E-state index in [1.165, 1.54) is 0 Å². The Morgan fingerprint density at radius 1 is 1.33 bits per heavy atom. The second-order valence-electron chi connectivity index (χ2n) is 4.74. The highest BCUT2D eigenvalue weighted by molar-refractivity contribution is 5.79. The molecule has 1 rings (SSSR count). The maximum Gasteiger partial charge on any atom is 0.191 e. The van der Waals surface area contributed by atoms with Crippen LogP contribution in [0.15, 0.2) is 23.2 Å². The van der Waals surface area contributed by atoms with Crippen molar-refractivity contribution in [2.24, 2.45) is 10.9 Å². The van der Waals surface area contributed by atoms with Crippen molar-refractivity contribution in [3.8, 4) is 0 Å². The van der Waals surface area contributed by atoms with Crippen LogP contribution in [0.5, 0.6) is 0 Å². The molecule has 0 spiro atoms. The minimum Gasteiger partial charge on any atom is -0.357 e. The van der Waals surface area contributed by atoms with Crippen LogP contribution < -0.4 is 10.6 Å². The van der Waals surface area contributed by atoms with Crippen LogP contribution >= 0.6 is 0 Å². The van der Waals surface area contributed by atoms with Gasteiger partial charge in [0.15, 0.2) is 5.96 Å². The van der Waals surface area contributed by atoms with E-state index in [1.54, 1.807) is 0 Å². The van der Waals surface area contributed by atoms with E-state index in [9.17, 15) is 0 Å². The normalized spacial score (nSPS) is 11.7. The van der Waals surface area contributed by atoms with Crippen LogP contribution in [0.25, 0.3) is 0 Å². The molecule has 0 aliphatic carbocycles. The average Bonchev–Trinajstić information content (AvgIpc) is 2.32. The molecule has 0 unspecified atom stereocenters. The number of aryl methyl sites for hydroxylation is 1. The summed E-state index contributed by atoms with van der Waals surface area (Å²) < 4.78 is 0. The number of nitrogens with zero attached hydrogens (tertiary/aromatic N) is 2. The molecule has 0 amide bonds. The molecule has 0 bridgehead atoms. The van der Waals surface area contributed by atoms with Crippen LogP contribution in [-0.2, 0) is 6.54 Å². The van der Waals surface area contributed by atoms with Crippen molar-refractivity contribution in [1.82, 2.24) is 15.6 Å². The fourth-order valence-corrected chi connectivity index (χ4v) is 1.49. The lowest BCUT2D eigenvalue weighted by Crippen LogP contribution is -2.39. The van der Waals surface area contributed by atoms with Crippen molar-refractivity contribution < 1.29 is 0 Å². The SMILES string of the molecule is CCNC(=NCc1cccc(C)n1)NCC(C)C. The van der Waals surface area contributed by atoms with Crippen LogP contribution in [0.3, 0.4) is 0 Å². The molecule has 1 aromatic heterocycles. The van der Waals surface area contributed by atoms with Crippen LogP contribution in [-0.4, -0.2) is 24.0 Å². The van der Waals surface area contributed by atoms with E-state index in [-0.39, 0.29) is 0 Å². The average molecular weight is 248 g/mol. The molecule has 4 nitrogen and oxygen atoms in total. The Morgan fingerprint density at radius 2 is 2.11 bits per heavy atom. The summed E-state index contributed by atoms with van der Waals surface area (Å²) in [5, 5.41) is 6.55. The molecule has 0 saturated carbocycles. The molecule has 0 aliphatic rings.